The van der Waals surface area contributed by atoms with Crippen LogP contribution < -0.4 is 5.32 Å². The van der Waals surface area contributed by atoms with Crippen LogP contribution in [-0.2, 0) is 25.7 Å². The van der Waals surface area contributed by atoms with E-state index >= 15 is 8.78 Å². The Kier molecular flexibility index (Phi) is 7.73. The Balaban J connectivity index is 2.19. The Bertz CT molecular complexity index is 1240. The molecule has 0 spiro atoms. The molecule has 3 rings (SSSR count). The standard InChI is InChI=1S/C26H25F6NO3/c1-15-5-3-6-20(16(15)2)21-7-4-8-22(23(21)24(27,28)25(29,36)26(30,31)32)33-12-17-9-10-18(13-34)19(11-17)14-35/h3-11,33-36H,12-14H2,1-2H3. The maximum Gasteiger partial charge on any atom is 0.455 e. The molecule has 0 aromatic heterocycles. The molecule has 0 heterocycles. The highest BCUT2D eigenvalue weighted by molar-refractivity contribution is 5.78. The summed E-state index contributed by atoms with van der Waals surface area (Å²) < 4.78 is 85.0. The molecule has 0 aliphatic carbocycles. The number of nitrogens with one attached hydrogen (secondary N) is 1. The zero-order valence-corrected chi connectivity index (χ0v) is 19.4. The van der Waals surface area contributed by atoms with Gasteiger partial charge in [0.05, 0.1) is 18.8 Å². The van der Waals surface area contributed by atoms with E-state index in [1.54, 1.807) is 19.9 Å². The second-order valence-corrected chi connectivity index (χ2v) is 8.44. The van der Waals surface area contributed by atoms with Gasteiger partial charge in [-0.25, -0.2) is 0 Å². The molecule has 194 valence electrons. The molecular weight excluding hydrogens is 488 g/mol. The minimum absolute atomic E-state index is 0.154. The molecule has 3 aromatic carbocycles. The van der Waals surface area contributed by atoms with Crippen molar-refractivity contribution >= 4 is 5.69 Å². The fourth-order valence-corrected chi connectivity index (χ4v) is 3.94. The number of rotatable bonds is 8. The summed E-state index contributed by atoms with van der Waals surface area (Å²) in [6.45, 7) is 2.35. The molecule has 36 heavy (non-hydrogen) atoms. The largest absolute Gasteiger partial charge is 0.455 e. The van der Waals surface area contributed by atoms with Gasteiger partial charge in [-0.2, -0.15) is 26.3 Å². The second-order valence-electron chi connectivity index (χ2n) is 8.44. The number of hydrogen-bond donors (Lipinski definition) is 4. The maximum absolute atomic E-state index is 15.4. The van der Waals surface area contributed by atoms with Crippen LogP contribution in [0.2, 0.25) is 0 Å². The zero-order valence-electron chi connectivity index (χ0n) is 19.4. The molecule has 0 amide bonds. The van der Waals surface area contributed by atoms with Gasteiger partial charge in [0.25, 0.3) is 0 Å². The quantitative estimate of drug-likeness (QED) is 0.284. The molecule has 0 bridgehead atoms. The average molecular weight is 513 g/mol. The smallest absolute Gasteiger partial charge is 0.392 e. The lowest BCUT2D eigenvalue weighted by Crippen LogP contribution is -2.53. The van der Waals surface area contributed by atoms with Gasteiger partial charge in [-0.1, -0.05) is 48.5 Å². The first kappa shape index (κ1) is 27.5. The van der Waals surface area contributed by atoms with E-state index in [0.29, 0.717) is 27.8 Å². The summed E-state index contributed by atoms with van der Waals surface area (Å²) in [5.74, 6) is -11.2. The second kappa shape index (κ2) is 10.1. The van der Waals surface area contributed by atoms with Crippen LogP contribution in [-0.4, -0.2) is 27.4 Å². The van der Waals surface area contributed by atoms with Crippen LogP contribution >= 0.6 is 0 Å². The molecule has 0 saturated carbocycles. The number of alkyl halides is 6. The van der Waals surface area contributed by atoms with Gasteiger partial charge in [-0.05, 0) is 58.9 Å². The number of anilines is 1. The molecule has 1 unspecified atom stereocenters. The average Bonchev–Trinajstić information content (AvgIpc) is 2.83. The van der Waals surface area contributed by atoms with Crippen LogP contribution in [0, 0.1) is 13.8 Å². The lowest BCUT2D eigenvalue weighted by Gasteiger charge is -2.33. The summed E-state index contributed by atoms with van der Waals surface area (Å²) in [5, 5.41) is 30.9. The summed E-state index contributed by atoms with van der Waals surface area (Å²) in [6.07, 6.45) is -6.28. The number of benzene rings is 3. The van der Waals surface area contributed by atoms with Crippen molar-refractivity contribution in [3.8, 4) is 11.1 Å². The highest BCUT2D eigenvalue weighted by Crippen LogP contribution is 2.53. The highest BCUT2D eigenvalue weighted by Gasteiger charge is 2.72. The first-order valence-electron chi connectivity index (χ1n) is 10.9. The van der Waals surface area contributed by atoms with Gasteiger partial charge in [0.1, 0.15) is 0 Å². The number of halogens is 6. The Labute approximate surface area is 203 Å². The molecule has 4 N–H and O–H groups in total. The third kappa shape index (κ3) is 4.93. The fourth-order valence-electron chi connectivity index (χ4n) is 3.94. The number of aliphatic hydroxyl groups is 3. The molecule has 0 fully saturated rings. The minimum Gasteiger partial charge on any atom is -0.392 e. The third-order valence-electron chi connectivity index (χ3n) is 6.16. The van der Waals surface area contributed by atoms with E-state index in [1.807, 2.05) is 0 Å². The predicted octanol–water partition coefficient (Wildman–Crippen LogP) is 5.88. The van der Waals surface area contributed by atoms with E-state index in [9.17, 15) is 32.9 Å². The van der Waals surface area contributed by atoms with E-state index in [0.717, 1.165) is 12.1 Å². The first-order valence-corrected chi connectivity index (χ1v) is 10.9. The van der Waals surface area contributed by atoms with Gasteiger partial charge < -0.3 is 20.6 Å². The van der Waals surface area contributed by atoms with E-state index < -0.39 is 35.8 Å². The van der Waals surface area contributed by atoms with E-state index in [4.69, 9.17) is 0 Å². The number of hydrogen-bond acceptors (Lipinski definition) is 4. The molecule has 3 aromatic rings. The fraction of sp³-hybridized carbons (Fsp3) is 0.308. The van der Waals surface area contributed by atoms with Crippen molar-refractivity contribution in [2.45, 2.75) is 51.6 Å². The van der Waals surface area contributed by atoms with Crippen molar-refractivity contribution in [2.24, 2.45) is 0 Å². The highest BCUT2D eigenvalue weighted by atomic mass is 19.4. The van der Waals surface area contributed by atoms with Crippen LogP contribution in [0.5, 0.6) is 0 Å². The van der Waals surface area contributed by atoms with Gasteiger partial charge in [0.15, 0.2) is 0 Å². The van der Waals surface area contributed by atoms with Crippen LogP contribution in [0.4, 0.5) is 32.0 Å². The first-order chi connectivity index (χ1) is 16.8. The predicted molar refractivity (Wildman–Crippen MR) is 123 cm³/mol. The lowest BCUT2D eigenvalue weighted by atomic mass is 9.87. The van der Waals surface area contributed by atoms with Crippen LogP contribution in [0.3, 0.4) is 0 Å². The topological polar surface area (TPSA) is 72.7 Å². The molecule has 0 radical (unpaired) electrons. The summed E-state index contributed by atoms with van der Waals surface area (Å²) in [7, 11) is 0. The Morgan fingerprint density at radius 3 is 2.00 bits per heavy atom. The maximum atomic E-state index is 15.4. The van der Waals surface area contributed by atoms with Crippen LogP contribution in [0.1, 0.15) is 33.4 Å². The van der Waals surface area contributed by atoms with Crippen molar-refractivity contribution in [1.82, 2.24) is 0 Å². The summed E-state index contributed by atoms with van der Waals surface area (Å²) >= 11 is 0. The molecule has 0 aliphatic heterocycles. The molecule has 10 heteroatoms. The molecule has 0 saturated heterocycles. The van der Waals surface area contributed by atoms with E-state index in [2.05, 4.69) is 5.32 Å². The van der Waals surface area contributed by atoms with Crippen molar-refractivity contribution in [1.29, 1.82) is 0 Å². The van der Waals surface area contributed by atoms with E-state index in [1.165, 1.54) is 36.4 Å². The lowest BCUT2D eigenvalue weighted by molar-refractivity contribution is -0.390. The summed E-state index contributed by atoms with van der Waals surface area (Å²) in [6, 6.07) is 12.7. The zero-order chi connectivity index (χ0) is 26.9. The van der Waals surface area contributed by atoms with Crippen molar-refractivity contribution in [2.75, 3.05) is 5.32 Å². The van der Waals surface area contributed by atoms with Gasteiger partial charge in [0.2, 0.25) is 0 Å². The number of aryl methyl sites for hydroxylation is 1. The molecule has 0 aliphatic rings. The normalized spacial score (nSPS) is 14.0. The molecular formula is C26H25F6NO3. The van der Waals surface area contributed by atoms with Gasteiger partial charge in [-0.15, -0.1) is 0 Å². The van der Waals surface area contributed by atoms with Gasteiger partial charge >= 0.3 is 18.0 Å². The SMILES string of the molecule is Cc1cccc(-c2cccc(NCc3ccc(CO)c(CO)c3)c2C(F)(F)C(O)(F)C(F)(F)F)c1C. The monoisotopic (exact) mass is 513 g/mol. The Morgan fingerprint density at radius 1 is 0.778 bits per heavy atom. The van der Waals surface area contributed by atoms with Crippen molar-refractivity contribution in [3.63, 3.8) is 0 Å². The third-order valence-corrected chi connectivity index (χ3v) is 6.16. The summed E-state index contributed by atoms with van der Waals surface area (Å²) in [5.41, 5.74) is 0.347. The van der Waals surface area contributed by atoms with Crippen LogP contribution in [0.15, 0.2) is 54.6 Å². The van der Waals surface area contributed by atoms with Crippen molar-refractivity contribution < 1.29 is 41.7 Å². The van der Waals surface area contributed by atoms with Gasteiger partial charge in [-0.3, -0.25) is 0 Å². The summed E-state index contributed by atoms with van der Waals surface area (Å²) in [4.78, 5) is 0. The Morgan fingerprint density at radius 2 is 1.39 bits per heavy atom. The minimum atomic E-state index is -6.28. The Hall–Kier alpha value is -3.08. The van der Waals surface area contributed by atoms with E-state index in [-0.39, 0.29) is 24.3 Å². The van der Waals surface area contributed by atoms with Crippen LogP contribution in [0.25, 0.3) is 11.1 Å². The van der Waals surface area contributed by atoms with Crippen molar-refractivity contribution in [3.05, 3.63) is 88.0 Å². The number of aliphatic hydroxyl groups excluding tert-OH is 2. The molecule has 4 nitrogen and oxygen atoms in total. The van der Waals surface area contributed by atoms with Gasteiger partial charge in [0, 0.05) is 12.2 Å². The molecule has 1 atom stereocenters.